The van der Waals surface area contributed by atoms with Crippen molar-refractivity contribution in [3.8, 4) is 17.1 Å². The molecule has 0 spiro atoms. The van der Waals surface area contributed by atoms with E-state index >= 15 is 0 Å². The van der Waals surface area contributed by atoms with Gasteiger partial charge in [0.15, 0.2) is 0 Å². The number of furan rings is 1. The minimum atomic E-state index is -4.70. The van der Waals surface area contributed by atoms with E-state index in [0.29, 0.717) is 30.6 Å². The zero-order valence-corrected chi connectivity index (χ0v) is 11.9. The normalized spacial score (nSPS) is 11.5. The molecule has 0 radical (unpaired) electrons. The molecule has 2 rings (SSSR count). The Morgan fingerprint density at radius 2 is 1.91 bits per heavy atom. The van der Waals surface area contributed by atoms with Crippen LogP contribution in [0.1, 0.15) is 24.2 Å². The molecule has 1 aromatic heterocycles. The number of carbonyl (C=O) groups is 1. The maximum atomic E-state index is 12.1. The maximum Gasteiger partial charge on any atom is 0.573 e. The Morgan fingerprint density at radius 3 is 2.50 bits per heavy atom. The van der Waals surface area contributed by atoms with E-state index in [4.69, 9.17) is 4.42 Å². The number of ether oxygens (including phenoxy) is 1. The molecule has 118 valence electrons. The van der Waals surface area contributed by atoms with E-state index in [1.165, 1.54) is 24.3 Å². The Balaban J connectivity index is 2.11. The number of benzene rings is 1. The lowest BCUT2D eigenvalue weighted by atomic mass is 10.1. The molecule has 0 aliphatic carbocycles. The Labute approximate surface area is 125 Å². The number of carbonyl (C=O) groups excluding carboxylic acids is 1. The minimum absolute atomic E-state index is 0.272. The van der Waals surface area contributed by atoms with Crippen LogP contribution in [-0.4, -0.2) is 12.6 Å². The zero-order valence-electron chi connectivity index (χ0n) is 11.9. The fourth-order valence-electron chi connectivity index (χ4n) is 2.08. The van der Waals surface area contributed by atoms with Crippen LogP contribution in [0.5, 0.6) is 5.75 Å². The van der Waals surface area contributed by atoms with Crippen LogP contribution >= 0.6 is 0 Å². The average molecular weight is 312 g/mol. The van der Waals surface area contributed by atoms with Gasteiger partial charge in [0.25, 0.3) is 0 Å². The highest BCUT2D eigenvalue weighted by atomic mass is 19.4. The smallest absolute Gasteiger partial charge is 0.461 e. The van der Waals surface area contributed by atoms with Gasteiger partial charge < -0.3 is 13.9 Å². The van der Waals surface area contributed by atoms with E-state index in [2.05, 4.69) is 4.74 Å². The van der Waals surface area contributed by atoms with Crippen molar-refractivity contribution in [2.24, 2.45) is 0 Å². The average Bonchev–Trinajstić information content (AvgIpc) is 2.80. The van der Waals surface area contributed by atoms with Gasteiger partial charge in [0.1, 0.15) is 23.6 Å². The number of aldehydes is 1. The second-order valence-electron chi connectivity index (χ2n) is 4.85. The first-order valence-corrected chi connectivity index (χ1v) is 6.78. The molecule has 6 heteroatoms. The summed E-state index contributed by atoms with van der Waals surface area (Å²) in [6.45, 7) is 1.89. The van der Waals surface area contributed by atoms with Gasteiger partial charge in [-0.2, -0.15) is 0 Å². The lowest BCUT2D eigenvalue weighted by molar-refractivity contribution is -0.274. The Morgan fingerprint density at radius 1 is 1.23 bits per heavy atom. The summed E-state index contributed by atoms with van der Waals surface area (Å²) in [4.78, 5) is 10.3. The zero-order chi connectivity index (χ0) is 16.2. The molecule has 2 aromatic rings. The van der Waals surface area contributed by atoms with Crippen LogP contribution < -0.4 is 4.74 Å². The molecular formula is C16H15F3O3. The highest BCUT2D eigenvalue weighted by Gasteiger charge is 2.31. The summed E-state index contributed by atoms with van der Waals surface area (Å²) in [6, 6.07) is 7.33. The van der Waals surface area contributed by atoms with Crippen LogP contribution in [0.2, 0.25) is 0 Å². The molecule has 0 saturated heterocycles. The van der Waals surface area contributed by atoms with Gasteiger partial charge in [-0.1, -0.05) is 0 Å². The highest BCUT2D eigenvalue weighted by molar-refractivity contribution is 5.60. The SMILES string of the molecule is Cc1cc(-c2ccc(OC(F)(F)F)cc2)oc1CCCC=O. The molecule has 0 bridgehead atoms. The predicted octanol–water partition coefficient (Wildman–Crippen LogP) is 4.68. The third kappa shape index (κ3) is 4.38. The summed E-state index contributed by atoms with van der Waals surface area (Å²) in [7, 11) is 0. The standard InChI is InChI=1S/C16H15F3O3/c1-11-10-15(21-14(11)4-2-3-9-20)12-5-7-13(8-6-12)22-16(17,18)19/h5-10H,2-4H2,1H3. The van der Waals surface area contributed by atoms with E-state index in [1.807, 2.05) is 13.0 Å². The van der Waals surface area contributed by atoms with Gasteiger partial charge in [-0.25, -0.2) is 0 Å². The number of alkyl halides is 3. The lowest BCUT2D eigenvalue weighted by Crippen LogP contribution is -2.16. The van der Waals surface area contributed by atoms with Crippen molar-refractivity contribution in [3.05, 3.63) is 41.7 Å². The van der Waals surface area contributed by atoms with Crippen LogP contribution in [0.3, 0.4) is 0 Å². The molecule has 0 unspecified atom stereocenters. The molecular weight excluding hydrogens is 297 g/mol. The number of unbranched alkanes of at least 4 members (excludes halogenated alkanes) is 1. The summed E-state index contributed by atoms with van der Waals surface area (Å²) in [5.41, 5.74) is 1.62. The summed E-state index contributed by atoms with van der Waals surface area (Å²) in [5, 5.41) is 0. The van der Waals surface area contributed by atoms with Gasteiger partial charge in [-0.15, -0.1) is 13.2 Å². The molecule has 0 amide bonds. The molecule has 0 atom stereocenters. The largest absolute Gasteiger partial charge is 0.573 e. The van der Waals surface area contributed by atoms with E-state index in [1.54, 1.807) is 0 Å². The van der Waals surface area contributed by atoms with Crippen molar-refractivity contribution < 1.29 is 27.1 Å². The molecule has 1 aromatic carbocycles. The Bertz CT molecular complexity index is 627. The van der Waals surface area contributed by atoms with Gasteiger partial charge in [0.05, 0.1) is 0 Å². The van der Waals surface area contributed by atoms with Gasteiger partial charge in [-0.05, 0) is 49.2 Å². The monoisotopic (exact) mass is 312 g/mol. The lowest BCUT2D eigenvalue weighted by Gasteiger charge is -2.08. The number of halogens is 3. The van der Waals surface area contributed by atoms with Crippen molar-refractivity contribution in [1.29, 1.82) is 0 Å². The van der Waals surface area contributed by atoms with Gasteiger partial charge in [0, 0.05) is 18.4 Å². The van der Waals surface area contributed by atoms with Gasteiger partial charge in [-0.3, -0.25) is 0 Å². The van der Waals surface area contributed by atoms with Crippen LogP contribution in [0.15, 0.2) is 34.7 Å². The van der Waals surface area contributed by atoms with Crippen molar-refractivity contribution in [1.82, 2.24) is 0 Å². The van der Waals surface area contributed by atoms with E-state index in [9.17, 15) is 18.0 Å². The first kappa shape index (κ1) is 16.1. The van der Waals surface area contributed by atoms with Crippen molar-refractivity contribution >= 4 is 6.29 Å². The second-order valence-corrected chi connectivity index (χ2v) is 4.85. The number of aryl methyl sites for hydroxylation is 2. The van der Waals surface area contributed by atoms with Crippen molar-refractivity contribution in [3.63, 3.8) is 0 Å². The summed E-state index contributed by atoms with van der Waals surface area (Å²) < 4.78 is 45.8. The number of hydrogen-bond acceptors (Lipinski definition) is 3. The third-order valence-electron chi connectivity index (χ3n) is 3.12. The van der Waals surface area contributed by atoms with E-state index in [0.717, 1.165) is 17.6 Å². The fraction of sp³-hybridized carbons (Fsp3) is 0.312. The Kier molecular flexibility index (Phi) is 4.90. The molecule has 0 aliphatic heterocycles. The van der Waals surface area contributed by atoms with Crippen molar-refractivity contribution in [2.45, 2.75) is 32.5 Å². The van der Waals surface area contributed by atoms with Crippen molar-refractivity contribution in [2.75, 3.05) is 0 Å². The molecule has 0 saturated carbocycles. The number of rotatable bonds is 6. The maximum absolute atomic E-state index is 12.1. The first-order chi connectivity index (χ1) is 10.4. The molecule has 0 fully saturated rings. The van der Waals surface area contributed by atoms with Crippen LogP contribution in [0, 0.1) is 6.92 Å². The molecule has 3 nitrogen and oxygen atoms in total. The molecule has 22 heavy (non-hydrogen) atoms. The predicted molar refractivity (Wildman–Crippen MR) is 74.6 cm³/mol. The van der Waals surface area contributed by atoms with E-state index < -0.39 is 6.36 Å². The highest BCUT2D eigenvalue weighted by Crippen LogP contribution is 2.29. The van der Waals surface area contributed by atoms with Crippen LogP contribution in [0.4, 0.5) is 13.2 Å². The molecule has 0 aliphatic rings. The minimum Gasteiger partial charge on any atom is -0.461 e. The molecule has 0 N–H and O–H groups in total. The summed E-state index contributed by atoms with van der Waals surface area (Å²) >= 11 is 0. The van der Waals surface area contributed by atoms with E-state index in [-0.39, 0.29) is 5.75 Å². The summed E-state index contributed by atoms with van der Waals surface area (Å²) in [6.07, 6.45) is -2.01. The Hall–Kier alpha value is -2.24. The molecule has 1 heterocycles. The summed E-state index contributed by atoms with van der Waals surface area (Å²) in [5.74, 6) is 1.09. The second kappa shape index (κ2) is 6.68. The number of hydrogen-bond donors (Lipinski definition) is 0. The van der Waals surface area contributed by atoms with Crippen LogP contribution in [0.25, 0.3) is 11.3 Å². The van der Waals surface area contributed by atoms with Crippen LogP contribution in [-0.2, 0) is 11.2 Å². The topological polar surface area (TPSA) is 39.4 Å². The van der Waals surface area contributed by atoms with Gasteiger partial charge in [0.2, 0.25) is 0 Å². The third-order valence-corrected chi connectivity index (χ3v) is 3.12. The van der Waals surface area contributed by atoms with Gasteiger partial charge >= 0.3 is 6.36 Å². The fourth-order valence-corrected chi connectivity index (χ4v) is 2.08. The quantitative estimate of drug-likeness (QED) is 0.574. The first-order valence-electron chi connectivity index (χ1n) is 6.78.